The Morgan fingerprint density at radius 2 is 2.00 bits per heavy atom. The minimum absolute atomic E-state index is 0.0628. The van der Waals surface area contributed by atoms with Crippen LogP contribution in [-0.4, -0.2) is 10.8 Å². The van der Waals surface area contributed by atoms with Crippen LogP contribution in [0.25, 0.3) is 0 Å². The summed E-state index contributed by atoms with van der Waals surface area (Å²) in [4.78, 5) is 3.79. The van der Waals surface area contributed by atoms with E-state index in [1.54, 1.807) is 12.3 Å². The van der Waals surface area contributed by atoms with Gasteiger partial charge in [0.25, 0.3) is 0 Å². The van der Waals surface area contributed by atoms with Gasteiger partial charge in [0.05, 0.1) is 12.8 Å². The van der Waals surface area contributed by atoms with Gasteiger partial charge < -0.3 is 14.8 Å². The number of aromatic nitrogens is 1. The van der Waals surface area contributed by atoms with Crippen LogP contribution in [0.2, 0.25) is 0 Å². The van der Waals surface area contributed by atoms with Crippen molar-refractivity contribution in [3.63, 3.8) is 0 Å². The summed E-state index contributed by atoms with van der Waals surface area (Å²) in [6, 6.07) is 7.74. The number of benzene rings is 1. The fourth-order valence-electron chi connectivity index (χ4n) is 2.93. The molecule has 0 unspecified atom stereocenters. The number of nitrogens with one attached hydrogen (secondary N) is 1. The second-order valence-corrected chi connectivity index (χ2v) is 6.66. The van der Waals surface area contributed by atoms with E-state index in [0.717, 1.165) is 16.9 Å². The van der Waals surface area contributed by atoms with Crippen molar-refractivity contribution < 1.29 is 13.9 Å². The highest BCUT2D eigenvalue weighted by Gasteiger charge is 2.27. The zero-order valence-corrected chi connectivity index (χ0v) is 14.5. The SMILES string of the molecule is C[C@H](N[C@H](C)c1ccncc1F)c1ccc2c(c1)COC(C)(C)O2. The summed E-state index contributed by atoms with van der Waals surface area (Å²) >= 11 is 0. The maximum absolute atomic E-state index is 13.9. The van der Waals surface area contributed by atoms with Gasteiger partial charge in [-0.05, 0) is 37.6 Å². The highest BCUT2D eigenvalue weighted by Crippen LogP contribution is 2.33. The standard InChI is InChI=1S/C19H23FN2O2/c1-12(22-13(2)16-7-8-21-10-17(16)20)14-5-6-18-15(9-14)11-23-19(3,4)24-18/h5-10,12-13,22H,11H2,1-4H3/t12-,13+/m0/s1. The summed E-state index contributed by atoms with van der Waals surface area (Å²) in [6.07, 6.45) is 2.85. The van der Waals surface area contributed by atoms with E-state index >= 15 is 0 Å². The van der Waals surface area contributed by atoms with Crippen LogP contribution in [0.3, 0.4) is 0 Å². The summed E-state index contributed by atoms with van der Waals surface area (Å²) < 4.78 is 25.4. The third-order valence-corrected chi connectivity index (χ3v) is 4.29. The molecular formula is C19H23FN2O2. The smallest absolute Gasteiger partial charge is 0.205 e. The quantitative estimate of drug-likeness (QED) is 0.909. The minimum atomic E-state index is -0.591. The van der Waals surface area contributed by atoms with Crippen LogP contribution >= 0.6 is 0 Å². The summed E-state index contributed by atoms with van der Waals surface area (Å²) in [5.41, 5.74) is 2.76. The molecule has 128 valence electrons. The maximum Gasteiger partial charge on any atom is 0.205 e. The Bertz CT molecular complexity index is 733. The Kier molecular flexibility index (Phi) is 4.56. The highest BCUT2D eigenvalue weighted by atomic mass is 19.1. The molecule has 0 bridgehead atoms. The van der Waals surface area contributed by atoms with Gasteiger partial charge in [-0.15, -0.1) is 0 Å². The summed E-state index contributed by atoms with van der Waals surface area (Å²) in [5.74, 6) is -0.0271. The molecule has 1 aliphatic heterocycles. The van der Waals surface area contributed by atoms with Gasteiger partial charge in [-0.3, -0.25) is 4.98 Å². The molecule has 0 fully saturated rings. The molecule has 0 spiro atoms. The van der Waals surface area contributed by atoms with Gasteiger partial charge in [-0.25, -0.2) is 4.39 Å². The van der Waals surface area contributed by atoms with Crippen molar-refractivity contribution in [2.45, 2.75) is 52.2 Å². The van der Waals surface area contributed by atoms with Gasteiger partial charge in [-0.2, -0.15) is 0 Å². The van der Waals surface area contributed by atoms with E-state index in [2.05, 4.69) is 23.3 Å². The third-order valence-electron chi connectivity index (χ3n) is 4.29. The number of rotatable bonds is 4. The van der Waals surface area contributed by atoms with Gasteiger partial charge in [0.15, 0.2) is 0 Å². The second kappa shape index (κ2) is 6.49. The van der Waals surface area contributed by atoms with Crippen LogP contribution in [0.5, 0.6) is 5.75 Å². The molecule has 0 radical (unpaired) electrons. The molecule has 0 amide bonds. The second-order valence-electron chi connectivity index (χ2n) is 6.66. The monoisotopic (exact) mass is 330 g/mol. The lowest BCUT2D eigenvalue weighted by Crippen LogP contribution is -2.35. The Hall–Kier alpha value is -1.98. The highest BCUT2D eigenvalue weighted by molar-refractivity contribution is 5.39. The van der Waals surface area contributed by atoms with E-state index in [0.29, 0.717) is 12.2 Å². The van der Waals surface area contributed by atoms with Crippen molar-refractivity contribution in [3.8, 4) is 5.75 Å². The van der Waals surface area contributed by atoms with E-state index in [9.17, 15) is 4.39 Å². The van der Waals surface area contributed by atoms with Gasteiger partial charge in [0, 0.05) is 43.3 Å². The molecule has 0 saturated heterocycles. The van der Waals surface area contributed by atoms with Crippen molar-refractivity contribution in [1.82, 2.24) is 10.3 Å². The first-order valence-corrected chi connectivity index (χ1v) is 8.17. The Morgan fingerprint density at radius 1 is 1.21 bits per heavy atom. The number of pyridine rings is 1. The predicted molar refractivity (Wildman–Crippen MR) is 90.1 cm³/mol. The van der Waals surface area contributed by atoms with E-state index < -0.39 is 5.79 Å². The van der Waals surface area contributed by atoms with E-state index in [4.69, 9.17) is 9.47 Å². The summed E-state index contributed by atoms with van der Waals surface area (Å²) in [5, 5.41) is 3.43. The lowest BCUT2D eigenvalue weighted by atomic mass is 10.0. The molecule has 1 N–H and O–H groups in total. The molecule has 0 aliphatic carbocycles. The van der Waals surface area contributed by atoms with E-state index in [-0.39, 0.29) is 17.9 Å². The fourth-order valence-corrected chi connectivity index (χ4v) is 2.93. The average Bonchev–Trinajstić information content (AvgIpc) is 2.53. The zero-order chi connectivity index (χ0) is 17.3. The molecular weight excluding hydrogens is 307 g/mol. The molecule has 1 aromatic heterocycles. The topological polar surface area (TPSA) is 43.4 Å². The van der Waals surface area contributed by atoms with E-state index in [1.807, 2.05) is 32.9 Å². The van der Waals surface area contributed by atoms with Crippen molar-refractivity contribution in [3.05, 3.63) is 59.2 Å². The lowest BCUT2D eigenvalue weighted by molar-refractivity contribution is -0.180. The first-order valence-electron chi connectivity index (χ1n) is 8.17. The first kappa shape index (κ1) is 16.9. The molecule has 24 heavy (non-hydrogen) atoms. The molecule has 2 heterocycles. The van der Waals surface area contributed by atoms with Crippen molar-refractivity contribution in [1.29, 1.82) is 0 Å². The number of halogens is 1. The number of ether oxygens (including phenoxy) is 2. The molecule has 0 saturated carbocycles. The number of nitrogens with zero attached hydrogens (tertiary/aromatic N) is 1. The number of hydrogen-bond acceptors (Lipinski definition) is 4. The van der Waals surface area contributed by atoms with Crippen molar-refractivity contribution in [2.24, 2.45) is 0 Å². The van der Waals surface area contributed by atoms with E-state index in [1.165, 1.54) is 6.20 Å². The van der Waals surface area contributed by atoms with Crippen molar-refractivity contribution >= 4 is 0 Å². The van der Waals surface area contributed by atoms with Crippen LogP contribution in [0.4, 0.5) is 4.39 Å². The molecule has 2 aromatic rings. The molecule has 4 nitrogen and oxygen atoms in total. The minimum Gasteiger partial charge on any atom is -0.463 e. The molecule has 3 rings (SSSR count). The number of hydrogen-bond donors (Lipinski definition) is 1. The van der Waals surface area contributed by atoms with Crippen LogP contribution in [0.15, 0.2) is 36.7 Å². The fraction of sp³-hybridized carbons (Fsp3) is 0.421. The Morgan fingerprint density at radius 3 is 2.75 bits per heavy atom. The van der Waals surface area contributed by atoms with Gasteiger partial charge in [0.2, 0.25) is 5.79 Å². The van der Waals surface area contributed by atoms with Gasteiger partial charge in [-0.1, -0.05) is 6.07 Å². The van der Waals surface area contributed by atoms with Crippen molar-refractivity contribution in [2.75, 3.05) is 0 Å². The maximum atomic E-state index is 13.9. The van der Waals surface area contributed by atoms with Crippen LogP contribution in [0.1, 0.15) is 56.5 Å². The number of fused-ring (bicyclic) bond motifs is 1. The van der Waals surface area contributed by atoms with Crippen LogP contribution in [-0.2, 0) is 11.3 Å². The van der Waals surface area contributed by atoms with Gasteiger partial charge >= 0.3 is 0 Å². The normalized spacial score (nSPS) is 18.4. The zero-order valence-electron chi connectivity index (χ0n) is 14.5. The molecule has 1 aromatic carbocycles. The molecule has 2 atom stereocenters. The summed E-state index contributed by atoms with van der Waals surface area (Å²) in [6.45, 7) is 8.34. The van der Waals surface area contributed by atoms with Gasteiger partial charge in [0.1, 0.15) is 11.6 Å². The largest absolute Gasteiger partial charge is 0.463 e. The van der Waals surface area contributed by atoms with Crippen LogP contribution in [0, 0.1) is 5.82 Å². The molecule has 1 aliphatic rings. The van der Waals surface area contributed by atoms with Crippen LogP contribution < -0.4 is 10.1 Å². The molecule has 5 heteroatoms. The predicted octanol–water partition coefficient (Wildman–Crippen LogP) is 4.28. The Balaban J connectivity index is 1.74. The Labute approximate surface area is 142 Å². The lowest BCUT2D eigenvalue weighted by Gasteiger charge is -2.33. The average molecular weight is 330 g/mol. The summed E-state index contributed by atoms with van der Waals surface area (Å²) in [7, 11) is 0. The first-order chi connectivity index (χ1) is 11.4. The third kappa shape index (κ3) is 3.57.